The number of pyridine rings is 1. The first kappa shape index (κ1) is 12.5. The summed E-state index contributed by atoms with van der Waals surface area (Å²) in [7, 11) is 0. The number of nitrogens with zero attached hydrogens (tertiary/aromatic N) is 2. The molecule has 20 heavy (non-hydrogen) atoms. The van der Waals surface area contributed by atoms with Crippen molar-refractivity contribution in [3.05, 3.63) is 36.5 Å². The maximum atomic E-state index is 5.83. The minimum atomic E-state index is 0.111. The molecule has 102 valence electrons. The molecule has 2 heterocycles. The molecule has 0 bridgehead atoms. The third-order valence-electron chi connectivity index (χ3n) is 2.95. The number of hydrogen-bond acceptors (Lipinski definition) is 4. The molecule has 0 aliphatic heterocycles. The second-order valence-electron chi connectivity index (χ2n) is 4.93. The predicted molar refractivity (Wildman–Crippen MR) is 79.5 cm³/mol. The van der Waals surface area contributed by atoms with Crippen molar-refractivity contribution in [2.24, 2.45) is 0 Å². The third-order valence-corrected chi connectivity index (χ3v) is 2.95. The predicted octanol–water partition coefficient (Wildman–Crippen LogP) is 2.99. The van der Waals surface area contributed by atoms with Gasteiger partial charge in [-0.25, -0.2) is 4.98 Å². The number of nitrogens with two attached hydrogens (primary N) is 1. The number of nitrogens with one attached hydrogen (secondary N) is 1. The zero-order chi connectivity index (χ0) is 14.1. The van der Waals surface area contributed by atoms with E-state index in [-0.39, 0.29) is 6.10 Å². The molecule has 3 aromatic rings. The average molecular weight is 268 g/mol. The summed E-state index contributed by atoms with van der Waals surface area (Å²) in [6, 6.07) is 9.48. The Labute approximate surface area is 116 Å². The van der Waals surface area contributed by atoms with Crippen LogP contribution in [-0.2, 0) is 0 Å². The topological polar surface area (TPSA) is 76.8 Å². The number of nitrogen functional groups attached to an aromatic ring is 1. The fourth-order valence-corrected chi connectivity index (χ4v) is 2.08. The second-order valence-corrected chi connectivity index (χ2v) is 4.93. The van der Waals surface area contributed by atoms with Gasteiger partial charge in [-0.3, -0.25) is 5.10 Å². The number of fused-ring (bicyclic) bond motifs is 1. The molecule has 0 unspecified atom stereocenters. The Morgan fingerprint density at radius 1 is 1.20 bits per heavy atom. The van der Waals surface area contributed by atoms with E-state index in [0.29, 0.717) is 11.6 Å². The number of aromatic nitrogens is 3. The molecule has 3 N–H and O–H groups in total. The van der Waals surface area contributed by atoms with Crippen LogP contribution in [0, 0.1) is 0 Å². The Kier molecular flexibility index (Phi) is 3.02. The first-order valence-electron chi connectivity index (χ1n) is 6.50. The monoisotopic (exact) mass is 268 g/mol. The Balaban J connectivity index is 2.00. The molecule has 2 aromatic heterocycles. The molecule has 0 atom stereocenters. The van der Waals surface area contributed by atoms with Crippen LogP contribution in [0.25, 0.3) is 22.2 Å². The molecule has 0 radical (unpaired) electrons. The van der Waals surface area contributed by atoms with Gasteiger partial charge in [0.15, 0.2) is 0 Å². The third kappa shape index (κ3) is 2.30. The highest BCUT2D eigenvalue weighted by Gasteiger charge is 2.09. The number of anilines is 1. The van der Waals surface area contributed by atoms with Gasteiger partial charge >= 0.3 is 0 Å². The lowest BCUT2D eigenvalue weighted by atomic mass is 10.1. The molecule has 0 amide bonds. The smallest absolute Gasteiger partial charge is 0.213 e. The largest absolute Gasteiger partial charge is 0.475 e. The van der Waals surface area contributed by atoms with E-state index in [2.05, 4.69) is 15.2 Å². The Morgan fingerprint density at radius 3 is 2.75 bits per heavy atom. The number of rotatable bonds is 3. The first-order chi connectivity index (χ1) is 9.63. The molecule has 0 aliphatic carbocycles. The quantitative estimate of drug-likeness (QED) is 0.716. The fourth-order valence-electron chi connectivity index (χ4n) is 2.08. The maximum Gasteiger partial charge on any atom is 0.213 e. The molecule has 0 spiro atoms. The maximum absolute atomic E-state index is 5.83. The lowest BCUT2D eigenvalue weighted by molar-refractivity contribution is 0.232. The first-order valence-corrected chi connectivity index (χ1v) is 6.50. The highest BCUT2D eigenvalue weighted by molar-refractivity contribution is 5.94. The van der Waals surface area contributed by atoms with E-state index in [1.54, 1.807) is 6.20 Å². The molecule has 3 rings (SSSR count). The van der Waals surface area contributed by atoms with Crippen LogP contribution < -0.4 is 10.5 Å². The zero-order valence-electron chi connectivity index (χ0n) is 11.4. The summed E-state index contributed by atoms with van der Waals surface area (Å²) in [5.41, 5.74) is 9.27. The molecule has 5 nitrogen and oxygen atoms in total. The van der Waals surface area contributed by atoms with E-state index in [9.17, 15) is 0 Å². The Morgan fingerprint density at radius 2 is 2.05 bits per heavy atom. The second kappa shape index (κ2) is 4.85. The van der Waals surface area contributed by atoms with Gasteiger partial charge in [-0.1, -0.05) is 0 Å². The highest BCUT2D eigenvalue weighted by atomic mass is 16.5. The summed E-state index contributed by atoms with van der Waals surface area (Å²) < 4.78 is 5.53. The van der Waals surface area contributed by atoms with Crippen molar-refractivity contribution in [3.63, 3.8) is 0 Å². The minimum absolute atomic E-state index is 0.111. The van der Waals surface area contributed by atoms with Gasteiger partial charge in [0, 0.05) is 28.9 Å². The summed E-state index contributed by atoms with van der Waals surface area (Å²) in [6.45, 7) is 3.94. The summed E-state index contributed by atoms with van der Waals surface area (Å²) in [5, 5.41) is 8.32. The van der Waals surface area contributed by atoms with Crippen LogP contribution in [0.1, 0.15) is 13.8 Å². The Bertz CT molecular complexity index is 731. The molecule has 1 aromatic carbocycles. The number of H-pyrrole nitrogens is 1. The molecule has 0 fully saturated rings. The van der Waals surface area contributed by atoms with E-state index in [1.165, 1.54) is 0 Å². The summed E-state index contributed by atoms with van der Waals surface area (Å²) >= 11 is 0. The lowest BCUT2D eigenvalue weighted by Crippen LogP contribution is -2.06. The van der Waals surface area contributed by atoms with Gasteiger partial charge in [0.1, 0.15) is 5.69 Å². The van der Waals surface area contributed by atoms with Crippen LogP contribution in [0.4, 0.5) is 5.69 Å². The van der Waals surface area contributed by atoms with Crippen molar-refractivity contribution < 1.29 is 4.74 Å². The van der Waals surface area contributed by atoms with Gasteiger partial charge in [0.05, 0.1) is 11.6 Å². The molecule has 0 aliphatic rings. The highest BCUT2D eigenvalue weighted by Crippen LogP contribution is 2.28. The number of ether oxygens (including phenoxy) is 1. The summed E-state index contributed by atoms with van der Waals surface area (Å²) in [4.78, 5) is 4.30. The van der Waals surface area contributed by atoms with Crippen LogP contribution in [0.3, 0.4) is 0 Å². The average Bonchev–Trinajstić information content (AvgIpc) is 2.82. The van der Waals surface area contributed by atoms with Crippen molar-refractivity contribution in [3.8, 4) is 17.1 Å². The van der Waals surface area contributed by atoms with E-state index < -0.39 is 0 Å². The molecule has 0 saturated carbocycles. The van der Waals surface area contributed by atoms with Crippen LogP contribution >= 0.6 is 0 Å². The van der Waals surface area contributed by atoms with Crippen molar-refractivity contribution in [1.29, 1.82) is 0 Å². The van der Waals surface area contributed by atoms with E-state index in [1.807, 2.05) is 44.2 Å². The van der Waals surface area contributed by atoms with Gasteiger partial charge in [-0.15, -0.1) is 0 Å². The minimum Gasteiger partial charge on any atom is -0.475 e. The van der Waals surface area contributed by atoms with Crippen molar-refractivity contribution >= 4 is 16.6 Å². The zero-order valence-corrected chi connectivity index (χ0v) is 11.4. The SMILES string of the molecule is CC(C)Oc1ccc(-c2n[nH]c3ccc(N)cc23)cn1. The standard InChI is InChI=1S/C15H16N4O/c1-9(2)20-14-6-3-10(8-17-14)15-12-7-11(16)4-5-13(12)18-19-15/h3-9H,16H2,1-2H3,(H,18,19). The van der Waals surface area contributed by atoms with E-state index in [0.717, 1.165) is 22.2 Å². The molecule has 5 heteroatoms. The van der Waals surface area contributed by atoms with Crippen LogP contribution in [0.15, 0.2) is 36.5 Å². The number of benzene rings is 1. The normalized spacial score (nSPS) is 11.2. The summed E-state index contributed by atoms with van der Waals surface area (Å²) in [5.74, 6) is 0.614. The Hall–Kier alpha value is -2.56. The number of hydrogen-bond donors (Lipinski definition) is 2. The van der Waals surface area contributed by atoms with Crippen molar-refractivity contribution in [2.75, 3.05) is 5.73 Å². The van der Waals surface area contributed by atoms with Crippen molar-refractivity contribution in [2.45, 2.75) is 20.0 Å². The van der Waals surface area contributed by atoms with E-state index in [4.69, 9.17) is 10.5 Å². The van der Waals surface area contributed by atoms with E-state index >= 15 is 0 Å². The fraction of sp³-hybridized carbons (Fsp3) is 0.200. The molecular weight excluding hydrogens is 252 g/mol. The van der Waals surface area contributed by atoms with Crippen LogP contribution in [0.2, 0.25) is 0 Å². The molecule has 0 saturated heterocycles. The van der Waals surface area contributed by atoms with Crippen LogP contribution in [-0.4, -0.2) is 21.3 Å². The lowest BCUT2D eigenvalue weighted by Gasteiger charge is -2.08. The van der Waals surface area contributed by atoms with Gasteiger partial charge in [-0.05, 0) is 38.1 Å². The van der Waals surface area contributed by atoms with Gasteiger partial charge < -0.3 is 10.5 Å². The van der Waals surface area contributed by atoms with Gasteiger partial charge in [0.2, 0.25) is 5.88 Å². The van der Waals surface area contributed by atoms with Gasteiger partial charge in [0.25, 0.3) is 0 Å². The van der Waals surface area contributed by atoms with Crippen molar-refractivity contribution in [1.82, 2.24) is 15.2 Å². The van der Waals surface area contributed by atoms with Crippen LogP contribution in [0.5, 0.6) is 5.88 Å². The number of aromatic amines is 1. The summed E-state index contributed by atoms with van der Waals surface area (Å²) in [6.07, 6.45) is 1.87. The van der Waals surface area contributed by atoms with Gasteiger partial charge in [-0.2, -0.15) is 5.10 Å². The molecular formula is C15H16N4O.